The van der Waals surface area contributed by atoms with Crippen LogP contribution in [-0.4, -0.2) is 37.7 Å². The largest absolute Gasteiger partial charge is 0.496 e. The third kappa shape index (κ3) is 7.19. The molecule has 3 rings (SSSR count). The normalized spacial score (nSPS) is 11.1. The van der Waals surface area contributed by atoms with E-state index in [0.29, 0.717) is 28.3 Å². The Bertz CT molecular complexity index is 1300. The van der Waals surface area contributed by atoms with E-state index in [1.807, 2.05) is 0 Å². The molecule has 0 unspecified atom stereocenters. The maximum atomic E-state index is 13.8. The van der Waals surface area contributed by atoms with Gasteiger partial charge in [0.05, 0.1) is 26.2 Å². The maximum Gasteiger partial charge on any atom is 0.416 e. The summed E-state index contributed by atoms with van der Waals surface area (Å²) in [6, 6.07) is 16.1. The molecule has 0 aliphatic heterocycles. The summed E-state index contributed by atoms with van der Waals surface area (Å²) in [5.41, 5.74) is 1.04. The van der Waals surface area contributed by atoms with Crippen molar-refractivity contribution in [1.82, 2.24) is 4.90 Å². The summed E-state index contributed by atoms with van der Waals surface area (Å²) in [6.45, 7) is 2.26. The van der Waals surface area contributed by atoms with Crippen LogP contribution in [0.2, 0.25) is 5.02 Å². The molecule has 0 atom stereocenters. The molecule has 0 spiro atoms. The molecule has 0 saturated carbocycles. The SMILES string of the molecule is CCN(Cc1ccccc1-c1cc(CC(=O)OC)c(C(F)(F)F)cc1OC)C(=O)OCc1cccc(Cl)c1. The fourth-order valence-corrected chi connectivity index (χ4v) is 4.15. The zero-order chi connectivity index (χ0) is 27.9. The molecule has 3 aromatic rings. The Hall–Kier alpha value is -3.72. The number of nitrogens with zero attached hydrogens (tertiary/aromatic N) is 1. The van der Waals surface area contributed by atoms with Crippen molar-refractivity contribution < 1.29 is 37.0 Å². The van der Waals surface area contributed by atoms with Crippen LogP contribution in [0.3, 0.4) is 0 Å². The lowest BCUT2D eigenvalue weighted by atomic mass is 9.93. The second-order valence-corrected chi connectivity index (χ2v) is 8.75. The summed E-state index contributed by atoms with van der Waals surface area (Å²) < 4.78 is 56.7. The Morgan fingerprint density at radius 2 is 1.68 bits per heavy atom. The summed E-state index contributed by atoms with van der Waals surface area (Å²) in [6.07, 6.45) is -5.84. The molecule has 38 heavy (non-hydrogen) atoms. The molecule has 6 nitrogen and oxygen atoms in total. The van der Waals surface area contributed by atoms with Crippen molar-refractivity contribution in [3.05, 3.63) is 87.9 Å². The second kappa shape index (κ2) is 12.7. The molecule has 0 heterocycles. The van der Waals surface area contributed by atoms with Gasteiger partial charge in [-0.05, 0) is 53.4 Å². The van der Waals surface area contributed by atoms with Gasteiger partial charge in [0.15, 0.2) is 0 Å². The van der Waals surface area contributed by atoms with Crippen molar-refractivity contribution >= 4 is 23.7 Å². The van der Waals surface area contributed by atoms with E-state index in [2.05, 4.69) is 4.74 Å². The van der Waals surface area contributed by atoms with E-state index in [-0.39, 0.29) is 24.5 Å². The van der Waals surface area contributed by atoms with Gasteiger partial charge in [-0.1, -0.05) is 48.0 Å². The van der Waals surface area contributed by atoms with Crippen LogP contribution in [0.4, 0.5) is 18.0 Å². The summed E-state index contributed by atoms with van der Waals surface area (Å²) in [5.74, 6) is -0.829. The Labute approximate surface area is 223 Å². The number of halogens is 4. The quantitative estimate of drug-likeness (QED) is 0.271. The first kappa shape index (κ1) is 28.8. The molecule has 3 aromatic carbocycles. The van der Waals surface area contributed by atoms with Gasteiger partial charge in [0.2, 0.25) is 0 Å². The van der Waals surface area contributed by atoms with Crippen molar-refractivity contribution in [1.29, 1.82) is 0 Å². The van der Waals surface area contributed by atoms with Crippen LogP contribution in [0.5, 0.6) is 5.75 Å². The van der Waals surface area contributed by atoms with Gasteiger partial charge in [-0.25, -0.2) is 4.79 Å². The number of carbonyl (C=O) groups excluding carboxylic acids is 2. The maximum absolute atomic E-state index is 13.8. The van der Waals surface area contributed by atoms with Crippen LogP contribution in [0.25, 0.3) is 11.1 Å². The predicted octanol–water partition coefficient (Wildman–Crippen LogP) is 6.91. The fraction of sp³-hybridized carbons (Fsp3) is 0.286. The van der Waals surface area contributed by atoms with E-state index < -0.39 is 30.2 Å². The van der Waals surface area contributed by atoms with Crippen LogP contribution in [0.1, 0.15) is 29.2 Å². The average Bonchev–Trinajstić information content (AvgIpc) is 2.89. The van der Waals surface area contributed by atoms with Gasteiger partial charge in [0.1, 0.15) is 12.4 Å². The third-order valence-corrected chi connectivity index (χ3v) is 6.09. The summed E-state index contributed by atoms with van der Waals surface area (Å²) in [4.78, 5) is 26.2. The third-order valence-electron chi connectivity index (χ3n) is 5.85. The Morgan fingerprint density at radius 3 is 2.32 bits per heavy atom. The lowest BCUT2D eigenvalue weighted by Gasteiger charge is -2.23. The van der Waals surface area contributed by atoms with Crippen LogP contribution < -0.4 is 4.74 Å². The minimum Gasteiger partial charge on any atom is -0.496 e. The predicted molar refractivity (Wildman–Crippen MR) is 137 cm³/mol. The highest BCUT2D eigenvalue weighted by molar-refractivity contribution is 6.30. The number of ether oxygens (including phenoxy) is 3. The second-order valence-electron chi connectivity index (χ2n) is 8.32. The first-order chi connectivity index (χ1) is 18.1. The van der Waals surface area contributed by atoms with E-state index >= 15 is 0 Å². The minimum absolute atomic E-state index is 0.0232. The fourth-order valence-electron chi connectivity index (χ4n) is 3.94. The van der Waals surface area contributed by atoms with Gasteiger partial charge in [0, 0.05) is 23.7 Å². The molecule has 0 radical (unpaired) electrons. The minimum atomic E-state index is -4.71. The van der Waals surface area contributed by atoms with E-state index in [4.69, 9.17) is 21.1 Å². The smallest absolute Gasteiger partial charge is 0.416 e. The van der Waals surface area contributed by atoms with E-state index in [0.717, 1.165) is 18.7 Å². The van der Waals surface area contributed by atoms with Crippen LogP contribution in [0.15, 0.2) is 60.7 Å². The number of amides is 1. The topological polar surface area (TPSA) is 65.1 Å². The molecular weight excluding hydrogens is 523 g/mol. The summed E-state index contributed by atoms with van der Waals surface area (Å²) in [7, 11) is 2.38. The van der Waals surface area contributed by atoms with Gasteiger partial charge >= 0.3 is 18.2 Å². The van der Waals surface area contributed by atoms with Crippen LogP contribution in [0, 0.1) is 0 Å². The van der Waals surface area contributed by atoms with Crippen molar-refractivity contribution in [2.75, 3.05) is 20.8 Å². The molecule has 0 fully saturated rings. The van der Waals surface area contributed by atoms with Crippen LogP contribution >= 0.6 is 11.6 Å². The molecule has 1 amide bonds. The number of methoxy groups -OCH3 is 2. The van der Waals surface area contributed by atoms with Gasteiger partial charge in [0.25, 0.3) is 0 Å². The molecule has 202 valence electrons. The monoisotopic (exact) mass is 549 g/mol. The zero-order valence-electron chi connectivity index (χ0n) is 21.1. The van der Waals surface area contributed by atoms with E-state index in [9.17, 15) is 22.8 Å². The lowest BCUT2D eigenvalue weighted by molar-refractivity contribution is -0.141. The highest BCUT2D eigenvalue weighted by Gasteiger charge is 2.35. The van der Waals surface area contributed by atoms with Crippen molar-refractivity contribution in [3.63, 3.8) is 0 Å². The molecule has 0 saturated heterocycles. The van der Waals surface area contributed by atoms with Gasteiger partial charge < -0.3 is 19.1 Å². The number of rotatable bonds is 9. The van der Waals surface area contributed by atoms with Gasteiger partial charge in [-0.2, -0.15) is 13.2 Å². The number of carbonyl (C=O) groups is 2. The Morgan fingerprint density at radius 1 is 0.947 bits per heavy atom. The molecule has 0 N–H and O–H groups in total. The number of hydrogen-bond acceptors (Lipinski definition) is 5. The van der Waals surface area contributed by atoms with Crippen molar-refractivity contribution in [2.24, 2.45) is 0 Å². The van der Waals surface area contributed by atoms with Gasteiger partial charge in [-0.15, -0.1) is 0 Å². The summed E-state index contributed by atoms with van der Waals surface area (Å²) >= 11 is 5.99. The highest BCUT2D eigenvalue weighted by atomic mass is 35.5. The highest BCUT2D eigenvalue weighted by Crippen LogP contribution is 2.41. The van der Waals surface area contributed by atoms with Crippen molar-refractivity contribution in [2.45, 2.75) is 32.7 Å². The first-order valence-electron chi connectivity index (χ1n) is 11.7. The standard InChI is InChI=1S/C28H27ClF3NO5/c1-4-33(27(35)38-17-18-8-7-10-21(29)12-18)16-19-9-5-6-11-22(19)23-13-20(14-26(34)37-3)24(28(30,31)32)15-25(23)36-2/h5-13,15H,4,14,16-17H2,1-3H3. The molecule has 0 aliphatic rings. The van der Waals surface area contributed by atoms with E-state index in [1.165, 1.54) is 18.1 Å². The number of hydrogen-bond donors (Lipinski definition) is 0. The molecule has 0 bridgehead atoms. The van der Waals surface area contributed by atoms with Crippen molar-refractivity contribution in [3.8, 4) is 16.9 Å². The molecule has 0 aliphatic carbocycles. The Balaban J connectivity index is 1.95. The lowest BCUT2D eigenvalue weighted by Crippen LogP contribution is -2.31. The molecular formula is C28H27ClF3NO5. The summed E-state index contributed by atoms with van der Waals surface area (Å²) in [5, 5.41) is 0.525. The first-order valence-corrected chi connectivity index (χ1v) is 12.0. The number of esters is 1. The number of alkyl halides is 3. The molecule has 10 heteroatoms. The average molecular weight is 550 g/mol. The van der Waals surface area contributed by atoms with E-state index in [1.54, 1.807) is 55.5 Å². The molecule has 0 aromatic heterocycles. The number of benzene rings is 3. The van der Waals surface area contributed by atoms with Gasteiger partial charge in [-0.3, -0.25) is 4.79 Å². The Kier molecular flexibility index (Phi) is 9.63. The zero-order valence-corrected chi connectivity index (χ0v) is 21.9. The van der Waals surface area contributed by atoms with Crippen LogP contribution in [-0.2, 0) is 40.0 Å².